The number of hydrogen-bond acceptors (Lipinski definition) is 4. The average molecular weight is 311 g/mol. The maximum atomic E-state index is 12.3. The minimum atomic E-state index is 0.243. The van der Waals surface area contributed by atoms with Crippen LogP contribution in [0.1, 0.15) is 39.0 Å². The first-order valence-corrected chi connectivity index (χ1v) is 8.92. The molecule has 2 rings (SSSR count). The lowest BCUT2D eigenvalue weighted by Gasteiger charge is -2.39. The number of nitrogens with zero attached hydrogens (tertiary/aromatic N) is 2. The van der Waals surface area contributed by atoms with E-state index in [1.807, 2.05) is 0 Å². The summed E-state index contributed by atoms with van der Waals surface area (Å²) in [6.45, 7) is 8.46. The zero-order valence-electron chi connectivity index (χ0n) is 14.4. The Hall–Kier alpha value is -0.650. The molecule has 5 nitrogen and oxygen atoms in total. The third kappa shape index (κ3) is 5.52. The molecule has 22 heavy (non-hydrogen) atoms. The number of methoxy groups -OCH3 is 1. The van der Waals surface area contributed by atoms with E-state index in [9.17, 15) is 4.79 Å². The van der Waals surface area contributed by atoms with E-state index in [1.54, 1.807) is 7.11 Å². The summed E-state index contributed by atoms with van der Waals surface area (Å²) in [5.74, 6) is 0.893. The minimum absolute atomic E-state index is 0.243. The third-order valence-electron chi connectivity index (χ3n) is 5.06. The van der Waals surface area contributed by atoms with Crippen molar-refractivity contribution >= 4 is 5.91 Å². The first-order chi connectivity index (χ1) is 10.7. The Labute approximate surface area is 135 Å². The number of likely N-dealkylation sites (tertiary alicyclic amines) is 2. The lowest BCUT2D eigenvalue weighted by Crippen LogP contribution is -2.48. The predicted octanol–water partition coefficient (Wildman–Crippen LogP) is 1.34. The number of hydrogen-bond donors (Lipinski definition) is 1. The van der Waals surface area contributed by atoms with Crippen LogP contribution in [-0.2, 0) is 9.53 Å². The number of carbonyl (C=O) groups excluding carboxylic acids is 1. The first-order valence-electron chi connectivity index (χ1n) is 8.92. The Bertz CT molecular complexity index is 338. The quantitative estimate of drug-likeness (QED) is 0.721. The van der Waals surface area contributed by atoms with Crippen molar-refractivity contribution in [3.05, 3.63) is 0 Å². The SMILES string of the molecule is COCCNCC(=O)N1CCCC(CN2CCCCC2C)C1. The monoisotopic (exact) mass is 311 g/mol. The van der Waals surface area contributed by atoms with Gasteiger partial charge in [-0.15, -0.1) is 0 Å². The van der Waals surface area contributed by atoms with Crippen molar-refractivity contribution in [2.24, 2.45) is 5.92 Å². The highest BCUT2D eigenvalue weighted by molar-refractivity contribution is 5.78. The Morgan fingerprint density at radius 2 is 2.09 bits per heavy atom. The van der Waals surface area contributed by atoms with E-state index in [-0.39, 0.29) is 5.91 Å². The van der Waals surface area contributed by atoms with Crippen LogP contribution in [0.3, 0.4) is 0 Å². The first kappa shape index (κ1) is 17.7. The number of ether oxygens (including phenoxy) is 1. The molecular formula is C17H33N3O2. The van der Waals surface area contributed by atoms with Crippen LogP contribution in [0.25, 0.3) is 0 Å². The highest BCUT2D eigenvalue weighted by Crippen LogP contribution is 2.22. The molecule has 2 saturated heterocycles. The Balaban J connectivity index is 1.72. The van der Waals surface area contributed by atoms with Crippen LogP contribution in [0.4, 0.5) is 0 Å². The molecule has 0 aromatic heterocycles. The Morgan fingerprint density at radius 1 is 1.23 bits per heavy atom. The van der Waals surface area contributed by atoms with Gasteiger partial charge in [0, 0.05) is 39.3 Å². The molecule has 0 aliphatic carbocycles. The summed E-state index contributed by atoms with van der Waals surface area (Å²) >= 11 is 0. The number of nitrogens with one attached hydrogen (secondary N) is 1. The molecule has 128 valence electrons. The molecule has 1 N–H and O–H groups in total. The van der Waals surface area contributed by atoms with Gasteiger partial charge in [-0.1, -0.05) is 6.42 Å². The fourth-order valence-electron chi connectivity index (χ4n) is 3.68. The summed E-state index contributed by atoms with van der Waals surface area (Å²) < 4.78 is 4.99. The van der Waals surface area contributed by atoms with Crippen LogP contribution >= 0.6 is 0 Å². The highest BCUT2D eigenvalue weighted by atomic mass is 16.5. The van der Waals surface area contributed by atoms with Crippen molar-refractivity contribution in [3.63, 3.8) is 0 Å². The van der Waals surface area contributed by atoms with E-state index in [1.165, 1.54) is 38.8 Å². The van der Waals surface area contributed by atoms with Gasteiger partial charge in [0.25, 0.3) is 0 Å². The van der Waals surface area contributed by atoms with Gasteiger partial charge < -0.3 is 19.9 Å². The largest absolute Gasteiger partial charge is 0.383 e. The number of rotatable bonds is 7. The molecule has 2 fully saturated rings. The Morgan fingerprint density at radius 3 is 2.86 bits per heavy atom. The average Bonchev–Trinajstić information content (AvgIpc) is 2.54. The van der Waals surface area contributed by atoms with E-state index in [4.69, 9.17) is 4.74 Å². The van der Waals surface area contributed by atoms with Crippen LogP contribution in [0, 0.1) is 5.92 Å². The summed E-state index contributed by atoms with van der Waals surface area (Å²) in [7, 11) is 1.68. The molecule has 5 heteroatoms. The zero-order chi connectivity index (χ0) is 15.8. The van der Waals surface area contributed by atoms with Crippen LogP contribution in [0.5, 0.6) is 0 Å². The molecule has 2 unspecified atom stereocenters. The molecule has 0 bridgehead atoms. The van der Waals surface area contributed by atoms with Gasteiger partial charge in [-0.25, -0.2) is 0 Å². The topological polar surface area (TPSA) is 44.8 Å². The molecule has 2 atom stereocenters. The normalized spacial score (nSPS) is 27.1. The second-order valence-electron chi connectivity index (χ2n) is 6.86. The van der Waals surface area contributed by atoms with Gasteiger partial charge in [0.1, 0.15) is 0 Å². The molecule has 0 aromatic carbocycles. The Kier molecular flexibility index (Phi) is 7.63. The smallest absolute Gasteiger partial charge is 0.236 e. The minimum Gasteiger partial charge on any atom is -0.383 e. The molecule has 1 amide bonds. The third-order valence-corrected chi connectivity index (χ3v) is 5.06. The fourth-order valence-corrected chi connectivity index (χ4v) is 3.68. The summed E-state index contributed by atoms with van der Waals surface area (Å²) in [6, 6.07) is 0.718. The van der Waals surface area contributed by atoms with Crippen molar-refractivity contribution in [2.45, 2.75) is 45.1 Å². The number of carbonyl (C=O) groups is 1. The van der Waals surface area contributed by atoms with E-state index < -0.39 is 0 Å². The van der Waals surface area contributed by atoms with Gasteiger partial charge in [-0.2, -0.15) is 0 Å². The van der Waals surface area contributed by atoms with Crippen LogP contribution < -0.4 is 5.32 Å². The van der Waals surface area contributed by atoms with Crippen LogP contribution in [-0.4, -0.2) is 74.7 Å². The summed E-state index contributed by atoms with van der Waals surface area (Å²) in [5, 5.41) is 3.16. The number of piperidine rings is 2. The molecular weight excluding hydrogens is 278 g/mol. The van der Waals surface area contributed by atoms with Crippen molar-refractivity contribution in [1.29, 1.82) is 0 Å². The lowest BCUT2D eigenvalue weighted by atomic mass is 9.94. The standard InChI is InChI=1S/C17H33N3O2/c1-15-6-3-4-9-19(15)13-16-7-5-10-20(14-16)17(21)12-18-8-11-22-2/h15-16,18H,3-14H2,1-2H3. The second kappa shape index (κ2) is 9.48. The summed E-state index contributed by atoms with van der Waals surface area (Å²) in [5.41, 5.74) is 0. The second-order valence-corrected chi connectivity index (χ2v) is 6.86. The summed E-state index contributed by atoms with van der Waals surface area (Å²) in [6.07, 6.45) is 6.46. The van der Waals surface area contributed by atoms with Gasteiger partial charge in [-0.05, 0) is 45.1 Å². The zero-order valence-corrected chi connectivity index (χ0v) is 14.4. The molecule has 2 aliphatic heterocycles. The van der Waals surface area contributed by atoms with Crippen molar-refractivity contribution < 1.29 is 9.53 Å². The highest BCUT2D eigenvalue weighted by Gasteiger charge is 2.27. The van der Waals surface area contributed by atoms with E-state index in [0.29, 0.717) is 19.1 Å². The predicted molar refractivity (Wildman–Crippen MR) is 88.9 cm³/mol. The summed E-state index contributed by atoms with van der Waals surface area (Å²) in [4.78, 5) is 17.0. The van der Waals surface area contributed by atoms with E-state index >= 15 is 0 Å². The molecule has 0 spiro atoms. The molecule has 0 aromatic rings. The molecule has 2 heterocycles. The maximum absolute atomic E-state index is 12.3. The van der Waals surface area contributed by atoms with Crippen molar-refractivity contribution in [3.8, 4) is 0 Å². The van der Waals surface area contributed by atoms with Gasteiger partial charge in [0.15, 0.2) is 0 Å². The van der Waals surface area contributed by atoms with Crippen molar-refractivity contribution in [2.75, 3.05) is 53.0 Å². The van der Waals surface area contributed by atoms with E-state index in [2.05, 4.69) is 22.0 Å². The molecule has 0 radical (unpaired) electrons. The van der Waals surface area contributed by atoms with Crippen LogP contribution in [0.15, 0.2) is 0 Å². The molecule has 0 saturated carbocycles. The lowest BCUT2D eigenvalue weighted by molar-refractivity contribution is -0.132. The maximum Gasteiger partial charge on any atom is 0.236 e. The van der Waals surface area contributed by atoms with E-state index in [0.717, 1.165) is 32.1 Å². The van der Waals surface area contributed by atoms with Gasteiger partial charge in [-0.3, -0.25) is 4.79 Å². The van der Waals surface area contributed by atoms with Gasteiger partial charge in [0.05, 0.1) is 13.2 Å². The fraction of sp³-hybridized carbons (Fsp3) is 0.941. The van der Waals surface area contributed by atoms with Gasteiger partial charge >= 0.3 is 0 Å². The van der Waals surface area contributed by atoms with Gasteiger partial charge in [0.2, 0.25) is 5.91 Å². The van der Waals surface area contributed by atoms with Crippen molar-refractivity contribution in [1.82, 2.24) is 15.1 Å². The number of amides is 1. The van der Waals surface area contributed by atoms with Crippen LogP contribution in [0.2, 0.25) is 0 Å². The molecule has 2 aliphatic rings.